The van der Waals surface area contributed by atoms with Crippen LogP contribution in [0.2, 0.25) is 0 Å². The van der Waals surface area contributed by atoms with E-state index in [-0.39, 0.29) is 11.9 Å². The lowest BCUT2D eigenvalue weighted by Crippen LogP contribution is -2.51. The fourth-order valence-electron chi connectivity index (χ4n) is 3.65. The van der Waals surface area contributed by atoms with Crippen LogP contribution in [0.5, 0.6) is 0 Å². The Morgan fingerprint density at radius 1 is 1.26 bits per heavy atom. The van der Waals surface area contributed by atoms with Crippen LogP contribution in [0.1, 0.15) is 37.8 Å². The number of amides is 2. The molecule has 0 aliphatic carbocycles. The molecule has 0 bridgehead atoms. The SMILES string of the molecule is CCc1cc(NC(=O)NS(=O)(=O)N(c2cnn(C)c2)C2CCOCC2)cc(CC)c1F. The van der Waals surface area contributed by atoms with Crippen LogP contribution in [0.15, 0.2) is 24.5 Å². The van der Waals surface area contributed by atoms with Crippen molar-refractivity contribution in [2.24, 2.45) is 7.05 Å². The first-order valence-electron chi connectivity index (χ1n) is 10.3. The Kier molecular flexibility index (Phi) is 7.16. The highest BCUT2D eigenvalue weighted by Crippen LogP contribution is 2.26. The highest BCUT2D eigenvalue weighted by molar-refractivity contribution is 7.91. The second-order valence-corrected chi connectivity index (χ2v) is 8.94. The van der Waals surface area contributed by atoms with E-state index in [4.69, 9.17) is 4.74 Å². The number of hydrogen-bond donors (Lipinski definition) is 2. The van der Waals surface area contributed by atoms with Crippen LogP contribution in [-0.2, 0) is 34.8 Å². The van der Waals surface area contributed by atoms with Crippen LogP contribution in [-0.4, -0.2) is 43.5 Å². The molecule has 1 fully saturated rings. The maximum Gasteiger partial charge on any atom is 0.334 e. The van der Waals surface area contributed by atoms with E-state index in [0.29, 0.717) is 61.4 Å². The summed E-state index contributed by atoms with van der Waals surface area (Å²) >= 11 is 0. The molecule has 1 aromatic heterocycles. The van der Waals surface area contributed by atoms with Gasteiger partial charge in [-0.15, -0.1) is 0 Å². The number of aromatic nitrogens is 2. The normalized spacial score (nSPS) is 15.0. The third-order valence-corrected chi connectivity index (χ3v) is 6.66. The maximum atomic E-state index is 14.3. The zero-order chi connectivity index (χ0) is 22.6. The molecule has 1 aliphatic heterocycles. The molecule has 2 N–H and O–H groups in total. The third kappa shape index (κ3) is 5.34. The van der Waals surface area contributed by atoms with Crippen LogP contribution >= 0.6 is 0 Å². The van der Waals surface area contributed by atoms with Gasteiger partial charge in [-0.1, -0.05) is 13.8 Å². The molecule has 2 aromatic rings. The van der Waals surface area contributed by atoms with E-state index in [1.54, 1.807) is 13.2 Å². The van der Waals surface area contributed by atoms with Gasteiger partial charge in [0.15, 0.2) is 0 Å². The van der Waals surface area contributed by atoms with Crippen LogP contribution in [0.25, 0.3) is 0 Å². The van der Waals surface area contributed by atoms with Crippen molar-refractivity contribution in [3.63, 3.8) is 0 Å². The Bertz CT molecular complexity index is 1010. The number of ether oxygens (including phenoxy) is 1. The topological polar surface area (TPSA) is 106 Å². The van der Waals surface area contributed by atoms with Crippen LogP contribution < -0.4 is 14.3 Å². The predicted molar refractivity (Wildman–Crippen MR) is 116 cm³/mol. The smallest absolute Gasteiger partial charge is 0.334 e. The number of halogens is 1. The lowest BCUT2D eigenvalue weighted by molar-refractivity contribution is 0.0875. The van der Waals surface area contributed by atoms with Gasteiger partial charge < -0.3 is 10.1 Å². The van der Waals surface area contributed by atoms with E-state index in [0.717, 1.165) is 0 Å². The number of carbonyl (C=O) groups excluding carboxylic acids is 1. The van der Waals surface area contributed by atoms with Crippen LogP contribution in [0.4, 0.5) is 20.6 Å². The van der Waals surface area contributed by atoms with Crippen molar-refractivity contribution >= 4 is 27.6 Å². The number of nitrogens with zero attached hydrogens (tertiary/aromatic N) is 3. The number of benzene rings is 1. The molecular formula is C20H28FN5O4S. The number of anilines is 2. The molecule has 1 aromatic carbocycles. The van der Waals surface area contributed by atoms with Crippen molar-refractivity contribution in [3.05, 3.63) is 41.5 Å². The van der Waals surface area contributed by atoms with Crippen molar-refractivity contribution < 1.29 is 22.3 Å². The molecule has 1 aliphatic rings. The Balaban J connectivity index is 1.82. The van der Waals surface area contributed by atoms with Gasteiger partial charge in [0, 0.05) is 32.1 Å². The second kappa shape index (κ2) is 9.65. The number of rotatable bonds is 7. The van der Waals surface area contributed by atoms with Gasteiger partial charge in [0.1, 0.15) is 5.82 Å². The van der Waals surface area contributed by atoms with E-state index >= 15 is 0 Å². The number of nitrogens with one attached hydrogen (secondary N) is 2. The van der Waals surface area contributed by atoms with Gasteiger partial charge in [-0.3, -0.25) is 4.68 Å². The van der Waals surface area contributed by atoms with E-state index < -0.39 is 16.2 Å². The van der Waals surface area contributed by atoms with Gasteiger partial charge >= 0.3 is 16.2 Å². The average Bonchev–Trinajstić information content (AvgIpc) is 3.14. The molecule has 0 saturated carbocycles. The minimum Gasteiger partial charge on any atom is -0.381 e. The molecule has 9 nitrogen and oxygen atoms in total. The molecule has 2 amide bonds. The standard InChI is InChI=1S/C20H28FN5O4S/c1-4-14-10-16(11-15(5-2)19(14)21)23-20(27)24-31(28,29)26(17-6-8-30-9-7-17)18-12-22-25(3)13-18/h10-13,17H,4-9H2,1-3H3,(H2,23,24,27). The lowest BCUT2D eigenvalue weighted by Gasteiger charge is -2.33. The van der Waals surface area contributed by atoms with Gasteiger partial charge in [-0.05, 0) is 48.9 Å². The van der Waals surface area contributed by atoms with E-state index in [1.165, 1.54) is 27.3 Å². The van der Waals surface area contributed by atoms with E-state index in [9.17, 15) is 17.6 Å². The summed E-state index contributed by atoms with van der Waals surface area (Å²) in [6.07, 6.45) is 4.91. The van der Waals surface area contributed by atoms with Gasteiger partial charge in [0.05, 0.1) is 17.9 Å². The fraction of sp³-hybridized carbons (Fsp3) is 0.500. The Morgan fingerprint density at radius 3 is 2.39 bits per heavy atom. The lowest BCUT2D eigenvalue weighted by atomic mass is 10.0. The molecule has 0 atom stereocenters. The third-order valence-electron chi connectivity index (χ3n) is 5.19. The summed E-state index contributed by atoms with van der Waals surface area (Å²) in [6.45, 7) is 4.48. The summed E-state index contributed by atoms with van der Waals surface area (Å²) < 4.78 is 50.7. The summed E-state index contributed by atoms with van der Waals surface area (Å²) in [5.74, 6) is -0.300. The van der Waals surface area contributed by atoms with E-state index in [2.05, 4.69) is 15.1 Å². The molecule has 0 radical (unpaired) electrons. The predicted octanol–water partition coefficient (Wildman–Crippen LogP) is 2.74. The average molecular weight is 454 g/mol. The van der Waals surface area contributed by atoms with Gasteiger partial charge in [-0.2, -0.15) is 13.5 Å². The van der Waals surface area contributed by atoms with Crippen LogP contribution in [0, 0.1) is 5.82 Å². The number of urea groups is 1. The molecule has 2 heterocycles. The first-order valence-corrected chi connectivity index (χ1v) is 11.7. The first kappa shape index (κ1) is 23.0. The first-order chi connectivity index (χ1) is 14.7. The monoisotopic (exact) mass is 453 g/mol. The summed E-state index contributed by atoms with van der Waals surface area (Å²) in [6, 6.07) is 1.74. The largest absolute Gasteiger partial charge is 0.381 e. The van der Waals surface area contributed by atoms with Gasteiger partial charge in [0.2, 0.25) is 0 Å². The number of hydrogen-bond acceptors (Lipinski definition) is 5. The molecule has 31 heavy (non-hydrogen) atoms. The second-order valence-electron chi connectivity index (χ2n) is 7.39. The quantitative estimate of drug-likeness (QED) is 0.671. The maximum absolute atomic E-state index is 14.3. The molecule has 0 spiro atoms. The molecule has 1 saturated heterocycles. The minimum absolute atomic E-state index is 0.300. The van der Waals surface area contributed by atoms with Crippen molar-refractivity contribution in [2.45, 2.75) is 45.6 Å². The van der Waals surface area contributed by atoms with Crippen molar-refractivity contribution in [2.75, 3.05) is 22.8 Å². The molecule has 11 heteroatoms. The van der Waals surface area contributed by atoms with Crippen molar-refractivity contribution in [3.8, 4) is 0 Å². The summed E-state index contributed by atoms with van der Waals surface area (Å²) in [5.41, 5.74) is 1.60. The summed E-state index contributed by atoms with van der Waals surface area (Å²) in [4.78, 5) is 12.6. The Labute approximate surface area is 181 Å². The molecule has 0 unspecified atom stereocenters. The van der Waals surface area contributed by atoms with Gasteiger partial charge in [0.25, 0.3) is 0 Å². The fourth-order valence-corrected chi connectivity index (χ4v) is 5.01. The zero-order valence-corrected chi connectivity index (χ0v) is 18.7. The van der Waals surface area contributed by atoms with Crippen molar-refractivity contribution in [1.29, 1.82) is 0 Å². The Morgan fingerprint density at radius 2 is 1.87 bits per heavy atom. The molecular weight excluding hydrogens is 425 g/mol. The van der Waals surface area contributed by atoms with Crippen molar-refractivity contribution in [1.82, 2.24) is 14.5 Å². The van der Waals surface area contributed by atoms with Crippen LogP contribution in [0.3, 0.4) is 0 Å². The zero-order valence-electron chi connectivity index (χ0n) is 17.9. The highest BCUT2D eigenvalue weighted by atomic mass is 32.2. The number of carbonyl (C=O) groups is 1. The Hall–Kier alpha value is -2.66. The summed E-state index contributed by atoms with van der Waals surface area (Å²) in [5, 5.41) is 6.58. The van der Waals surface area contributed by atoms with E-state index in [1.807, 2.05) is 13.8 Å². The minimum atomic E-state index is -4.23. The highest BCUT2D eigenvalue weighted by Gasteiger charge is 2.33. The summed E-state index contributed by atoms with van der Waals surface area (Å²) in [7, 11) is -2.55. The number of aryl methyl sites for hydroxylation is 3. The molecule has 170 valence electrons. The van der Waals surface area contributed by atoms with Gasteiger partial charge in [-0.25, -0.2) is 18.2 Å². The molecule has 3 rings (SSSR count).